The van der Waals surface area contributed by atoms with Gasteiger partial charge in [-0.25, -0.2) is 17.8 Å². The number of fused-ring (bicyclic) bond motifs is 1. The van der Waals surface area contributed by atoms with Crippen LogP contribution in [0.5, 0.6) is 0 Å². The van der Waals surface area contributed by atoms with Gasteiger partial charge in [-0.15, -0.1) is 0 Å². The molecule has 3 N–H and O–H groups in total. The van der Waals surface area contributed by atoms with Crippen LogP contribution >= 0.6 is 11.6 Å². The number of nitrogens with zero attached hydrogens (tertiary/aromatic N) is 1. The van der Waals surface area contributed by atoms with Gasteiger partial charge < -0.3 is 15.4 Å². The van der Waals surface area contributed by atoms with Crippen molar-refractivity contribution >= 4 is 38.9 Å². The molecule has 2 aliphatic heterocycles. The summed E-state index contributed by atoms with van der Waals surface area (Å²) in [7, 11) is -3.88. The average molecular weight is 467 g/mol. The van der Waals surface area contributed by atoms with Crippen LogP contribution in [0.15, 0.2) is 36.5 Å². The zero-order chi connectivity index (χ0) is 22.6. The van der Waals surface area contributed by atoms with E-state index >= 15 is 0 Å². The molecule has 8 nitrogen and oxygen atoms in total. The molecule has 1 aromatic heterocycles. The van der Waals surface area contributed by atoms with Crippen molar-refractivity contribution in [1.29, 1.82) is 5.41 Å². The van der Waals surface area contributed by atoms with Crippen LogP contribution in [-0.2, 0) is 20.1 Å². The SMILES string of the molecule is CC1(C)C(=N)N[C@@]2(c3cc(NC(=O)c4ccc(Cl)cn4)ccc3F)COC[C@H]2S1(=O)=O. The molecule has 0 saturated carbocycles. The fourth-order valence-electron chi connectivity index (χ4n) is 3.87. The molecule has 4 rings (SSSR count). The number of hydrogen-bond acceptors (Lipinski definition) is 6. The second kappa shape index (κ2) is 7.25. The highest BCUT2D eigenvalue weighted by Crippen LogP contribution is 2.44. The van der Waals surface area contributed by atoms with Gasteiger partial charge in [0.15, 0.2) is 9.84 Å². The van der Waals surface area contributed by atoms with Crippen LogP contribution in [0.1, 0.15) is 29.9 Å². The molecule has 0 spiro atoms. The van der Waals surface area contributed by atoms with Gasteiger partial charge in [0.25, 0.3) is 5.91 Å². The number of anilines is 1. The highest BCUT2D eigenvalue weighted by Gasteiger charge is 2.63. The Bertz CT molecular complexity index is 1190. The summed E-state index contributed by atoms with van der Waals surface area (Å²) < 4.78 is 45.4. The smallest absolute Gasteiger partial charge is 0.274 e. The van der Waals surface area contributed by atoms with E-state index in [1.54, 1.807) is 0 Å². The van der Waals surface area contributed by atoms with Crippen molar-refractivity contribution in [1.82, 2.24) is 10.3 Å². The van der Waals surface area contributed by atoms with Gasteiger partial charge in [-0.2, -0.15) is 0 Å². The number of amidine groups is 1. The number of amides is 1. The Labute approximate surface area is 183 Å². The molecule has 0 bridgehead atoms. The van der Waals surface area contributed by atoms with Gasteiger partial charge >= 0.3 is 0 Å². The third-order valence-electron chi connectivity index (χ3n) is 5.85. The van der Waals surface area contributed by atoms with Crippen molar-refractivity contribution in [3.8, 4) is 0 Å². The number of halogens is 2. The molecule has 2 aliphatic rings. The molecule has 2 saturated heterocycles. The lowest BCUT2D eigenvalue weighted by Gasteiger charge is -2.46. The molecule has 1 amide bonds. The van der Waals surface area contributed by atoms with Crippen molar-refractivity contribution in [2.45, 2.75) is 29.4 Å². The number of benzene rings is 1. The van der Waals surface area contributed by atoms with Crippen LogP contribution in [0.4, 0.5) is 10.1 Å². The molecule has 0 unspecified atom stereocenters. The summed E-state index contributed by atoms with van der Waals surface area (Å²) in [6, 6.07) is 6.82. The first-order valence-corrected chi connectivity index (χ1v) is 11.3. The van der Waals surface area contributed by atoms with Gasteiger partial charge in [0.2, 0.25) is 0 Å². The van der Waals surface area contributed by atoms with Gasteiger partial charge in [0.1, 0.15) is 32.9 Å². The molecule has 2 aromatic rings. The summed E-state index contributed by atoms with van der Waals surface area (Å²) >= 11 is 5.79. The van der Waals surface area contributed by atoms with Crippen molar-refractivity contribution in [3.05, 3.63) is 58.6 Å². The fourth-order valence-corrected chi connectivity index (χ4v) is 6.09. The lowest BCUT2D eigenvalue weighted by Crippen LogP contribution is -2.69. The predicted octanol–water partition coefficient (Wildman–Crippen LogP) is 2.49. The first-order valence-electron chi connectivity index (χ1n) is 9.40. The van der Waals surface area contributed by atoms with Crippen LogP contribution in [0, 0.1) is 11.2 Å². The van der Waals surface area contributed by atoms with E-state index in [-0.39, 0.29) is 36.0 Å². The number of rotatable bonds is 3. The number of pyridine rings is 1. The zero-order valence-corrected chi connectivity index (χ0v) is 18.3. The van der Waals surface area contributed by atoms with Crippen LogP contribution in [0.2, 0.25) is 5.02 Å². The standard InChI is InChI=1S/C20H20ClFN4O4S/c1-19(2)18(23)26-20(10-30-9-16(20)31(19,28)29)13-7-12(4-5-14(13)22)25-17(27)15-6-3-11(21)8-24-15/h3-8,16H,9-10H2,1-2H3,(H2,23,26)(H,25,27)/t16-,20-/m1/s1. The van der Waals surface area contributed by atoms with Crippen molar-refractivity contribution in [2.24, 2.45) is 0 Å². The van der Waals surface area contributed by atoms with E-state index in [0.717, 1.165) is 6.07 Å². The lowest BCUT2D eigenvalue weighted by molar-refractivity contribution is 0.102. The number of aromatic nitrogens is 1. The Morgan fingerprint density at radius 1 is 1.35 bits per heavy atom. The zero-order valence-electron chi connectivity index (χ0n) is 16.7. The van der Waals surface area contributed by atoms with Crippen LogP contribution in [0.25, 0.3) is 0 Å². The second-order valence-electron chi connectivity index (χ2n) is 8.04. The minimum Gasteiger partial charge on any atom is -0.377 e. The molecule has 31 heavy (non-hydrogen) atoms. The molecular formula is C20H20ClFN4O4S. The molecule has 164 valence electrons. The Morgan fingerprint density at radius 2 is 2.10 bits per heavy atom. The minimum absolute atomic E-state index is 0.000639. The second-order valence-corrected chi connectivity index (χ2v) is 11.2. The van der Waals surface area contributed by atoms with Crippen LogP contribution in [0.3, 0.4) is 0 Å². The molecule has 0 aliphatic carbocycles. The van der Waals surface area contributed by atoms with Crippen molar-refractivity contribution < 1.29 is 22.3 Å². The third kappa shape index (κ3) is 3.29. The molecule has 1 aromatic carbocycles. The Balaban J connectivity index is 1.74. The normalized spacial score (nSPS) is 26.1. The van der Waals surface area contributed by atoms with Crippen LogP contribution in [-0.4, -0.2) is 48.4 Å². The van der Waals surface area contributed by atoms with E-state index in [4.69, 9.17) is 21.7 Å². The third-order valence-corrected chi connectivity index (χ3v) is 8.99. The summed E-state index contributed by atoms with van der Waals surface area (Å²) in [5.74, 6) is -1.45. The van der Waals surface area contributed by atoms with E-state index in [0.29, 0.717) is 5.02 Å². The number of hydrogen-bond donors (Lipinski definition) is 3. The molecule has 2 fully saturated rings. The summed E-state index contributed by atoms with van der Waals surface area (Å²) in [6.07, 6.45) is 1.33. The minimum atomic E-state index is -3.88. The Kier molecular flexibility index (Phi) is 5.07. The number of carbonyl (C=O) groups excluding carboxylic acids is 1. The first kappa shape index (κ1) is 21.7. The number of nitrogens with one attached hydrogen (secondary N) is 3. The molecule has 3 heterocycles. The monoisotopic (exact) mass is 466 g/mol. The van der Waals surface area contributed by atoms with E-state index < -0.39 is 37.1 Å². The highest BCUT2D eigenvalue weighted by atomic mass is 35.5. The maximum absolute atomic E-state index is 15.0. The quantitative estimate of drug-likeness (QED) is 0.639. The van der Waals surface area contributed by atoms with Gasteiger partial charge in [-0.1, -0.05) is 11.6 Å². The van der Waals surface area contributed by atoms with E-state index in [1.807, 2.05) is 0 Å². The van der Waals surface area contributed by atoms with Crippen molar-refractivity contribution in [3.63, 3.8) is 0 Å². The van der Waals surface area contributed by atoms with Crippen molar-refractivity contribution in [2.75, 3.05) is 18.5 Å². The Hall–Kier alpha value is -2.56. The van der Waals surface area contributed by atoms with Gasteiger partial charge in [-0.05, 0) is 44.2 Å². The summed E-state index contributed by atoms with van der Waals surface area (Å²) in [6.45, 7) is 2.61. The fraction of sp³-hybridized carbons (Fsp3) is 0.350. The largest absolute Gasteiger partial charge is 0.377 e. The molecule has 0 radical (unpaired) electrons. The van der Waals surface area contributed by atoms with E-state index in [1.165, 1.54) is 44.3 Å². The predicted molar refractivity (Wildman–Crippen MR) is 114 cm³/mol. The first-order chi connectivity index (χ1) is 14.5. The lowest BCUT2D eigenvalue weighted by atomic mass is 9.86. The summed E-state index contributed by atoms with van der Waals surface area (Å²) in [4.78, 5) is 16.4. The molecule has 11 heteroatoms. The van der Waals surface area contributed by atoms with E-state index in [9.17, 15) is 17.6 Å². The molecule has 2 atom stereocenters. The maximum Gasteiger partial charge on any atom is 0.274 e. The topological polar surface area (TPSA) is 121 Å². The summed E-state index contributed by atoms with van der Waals surface area (Å²) in [5, 5.41) is 13.1. The molecular weight excluding hydrogens is 447 g/mol. The Morgan fingerprint density at radius 3 is 2.77 bits per heavy atom. The van der Waals surface area contributed by atoms with Gasteiger partial charge in [0, 0.05) is 17.4 Å². The van der Waals surface area contributed by atoms with Crippen LogP contribution < -0.4 is 10.6 Å². The number of carbonyl (C=O) groups is 1. The maximum atomic E-state index is 15.0. The number of sulfone groups is 1. The average Bonchev–Trinajstić information content (AvgIpc) is 3.14. The van der Waals surface area contributed by atoms with Gasteiger partial charge in [-0.3, -0.25) is 10.2 Å². The van der Waals surface area contributed by atoms with E-state index in [2.05, 4.69) is 15.6 Å². The highest BCUT2D eigenvalue weighted by molar-refractivity contribution is 7.94. The van der Waals surface area contributed by atoms with Gasteiger partial charge in [0.05, 0.1) is 18.2 Å². The number of ether oxygens (including phenoxy) is 1. The summed E-state index contributed by atoms with van der Waals surface area (Å²) in [5.41, 5.74) is -1.12.